The van der Waals surface area contributed by atoms with Gasteiger partial charge in [0.05, 0.1) is 17.9 Å². The lowest BCUT2D eigenvalue weighted by atomic mass is 9.45. The minimum absolute atomic E-state index is 0.0210. The molecule has 4 rings (SSSR count). The lowest BCUT2D eigenvalue weighted by Gasteiger charge is -2.60. The van der Waals surface area contributed by atoms with E-state index >= 15 is 0 Å². The predicted molar refractivity (Wildman–Crippen MR) is 139 cm³/mol. The summed E-state index contributed by atoms with van der Waals surface area (Å²) in [6.07, 6.45) is 6.78. The SMILES string of the molecule is CCC(C(=O)O)C(CC)C(=O)OCC(=O)[C@@]1(O)CC[C@H]2[C@@H]3C[C@H](C)C4=CC(=O)C=C[C@]4(C)[C@H]3[C@@H](O)C[C@@]21C. The second-order valence-corrected chi connectivity index (χ2v) is 12.5. The predicted octanol–water partition coefficient (Wildman–Crippen LogP) is 3.49. The third kappa shape index (κ3) is 4.19. The molecule has 0 aliphatic heterocycles. The molecule has 0 amide bonds. The molecule has 0 aromatic heterocycles. The van der Waals surface area contributed by atoms with Crippen LogP contribution in [0.2, 0.25) is 0 Å². The fraction of sp³-hybridized carbons (Fsp3) is 0.733. The van der Waals surface area contributed by atoms with Crippen molar-refractivity contribution in [2.45, 2.75) is 84.8 Å². The summed E-state index contributed by atoms with van der Waals surface area (Å²) < 4.78 is 5.32. The number of aliphatic carboxylic acids is 1. The molecule has 0 aromatic rings. The summed E-state index contributed by atoms with van der Waals surface area (Å²) in [5, 5.41) is 32.9. The number of esters is 1. The van der Waals surface area contributed by atoms with Crippen LogP contribution in [-0.4, -0.2) is 57.1 Å². The summed E-state index contributed by atoms with van der Waals surface area (Å²) in [5.74, 6) is -4.20. The average molecular weight is 531 g/mol. The Bertz CT molecular complexity index is 1080. The van der Waals surface area contributed by atoms with Crippen molar-refractivity contribution in [1.29, 1.82) is 0 Å². The zero-order chi connectivity index (χ0) is 28.2. The highest BCUT2D eigenvalue weighted by atomic mass is 16.5. The standard InChI is InChI=1S/C30H42O8/c1-6-18(26(34)35)19(7-2)27(36)38-15-24(33)30(37)11-9-21-20-12-16(3)22-13-17(31)8-10-28(22,4)25(20)23(32)14-29(21,30)5/h8,10,13,16,18-21,23,25,32,37H,6-7,9,11-12,14-15H2,1-5H3,(H,34,35)/t16-,18?,19?,20-,21-,23-,25+,28-,29-,30-/m0/s1. The molecular formula is C30H42O8. The summed E-state index contributed by atoms with van der Waals surface area (Å²) in [6.45, 7) is 8.82. The van der Waals surface area contributed by atoms with Gasteiger partial charge >= 0.3 is 11.9 Å². The average Bonchev–Trinajstić information content (AvgIpc) is 3.12. The van der Waals surface area contributed by atoms with Crippen LogP contribution in [0, 0.1) is 46.3 Å². The molecule has 0 radical (unpaired) electrons. The Balaban J connectivity index is 1.55. The second kappa shape index (κ2) is 10.0. The molecule has 0 aromatic carbocycles. The van der Waals surface area contributed by atoms with Gasteiger partial charge in [0.1, 0.15) is 5.60 Å². The highest BCUT2D eigenvalue weighted by Crippen LogP contribution is 2.67. The van der Waals surface area contributed by atoms with E-state index in [1.165, 1.54) is 0 Å². The van der Waals surface area contributed by atoms with Crippen molar-refractivity contribution in [2.75, 3.05) is 6.61 Å². The fourth-order valence-corrected chi connectivity index (χ4v) is 8.82. The Morgan fingerprint density at radius 1 is 1.16 bits per heavy atom. The second-order valence-electron chi connectivity index (χ2n) is 12.5. The molecular weight excluding hydrogens is 488 g/mol. The number of ketones is 2. The van der Waals surface area contributed by atoms with Crippen molar-refractivity contribution >= 4 is 23.5 Å². The van der Waals surface area contributed by atoms with Gasteiger partial charge in [-0.3, -0.25) is 19.2 Å². The minimum Gasteiger partial charge on any atom is -0.481 e. The first-order valence-electron chi connectivity index (χ1n) is 14.0. The fourth-order valence-electron chi connectivity index (χ4n) is 8.82. The molecule has 8 nitrogen and oxygen atoms in total. The maximum absolute atomic E-state index is 13.5. The Labute approximate surface area is 224 Å². The molecule has 10 atom stereocenters. The minimum atomic E-state index is -1.76. The van der Waals surface area contributed by atoms with E-state index in [4.69, 9.17) is 4.74 Å². The highest BCUT2D eigenvalue weighted by Gasteiger charge is 2.68. The van der Waals surface area contributed by atoms with Gasteiger partial charge < -0.3 is 20.1 Å². The lowest BCUT2D eigenvalue weighted by Crippen LogP contribution is -2.62. The van der Waals surface area contributed by atoms with Gasteiger partial charge in [0.2, 0.25) is 5.78 Å². The van der Waals surface area contributed by atoms with Crippen molar-refractivity contribution in [3.8, 4) is 0 Å². The van der Waals surface area contributed by atoms with Crippen molar-refractivity contribution in [2.24, 2.45) is 46.3 Å². The van der Waals surface area contributed by atoms with E-state index in [-0.39, 0.29) is 55.1 Å². The first-order chi connectivity index (χ1) is 17.7. The molecule has 0 bridgehead atoms. The number of Topliss-reactive ketones (excluding diaryl/α,β-unsaturated/α-hetero) is 1. The topological polar surface area (TPSA) is 138 Å². The van der Waals surface area contributed by atoms with Gasteiger partial charge in [-0.1, -0.05) is 46.3 Å². The molecule has 8 heteroatoms. The number of ether oxygens (including phenoxy) is 1. The number of carbonyl (C=O) groups excluding carboxylic acids is 3. The number of aliphatic hydroxyl groups excluding tert-OH is 1. The van der Waals surface area contributed by atoms with Crippen molar-refractivity contribution in [3.05, 3.63) is 23.8 Å². The maximum atomic E-state index is 13.5. The summed E-state index contributed by atoms with van der Waals surface area (Å²) in [7, 11) is 0. The number of carboxylic acid groups (broad SMARTS) is 1. The van der Waals surface area contributed by atoms with Crippen LogP contribution in [0.4, 0.5) is 0 Å². The Morgan fingerprint density at radius 3 is 2.42 bits per heavy atom. The van der Waals surface area contributed by atoms with Gasteiger partial charge in [0, 0.05) is 16.7 Å². The van der Waals surface area contributed by atoms with E-state index in [9.17, 15) is 34.5 Å². The van der Waals surface area contributed by atoms with Crippen LogP contribution >= 0.6 is 0 Å². The van der Waals surface area contributed by atoms with E-state index in [0.717, 1.165) is 12.0 Å². The number of aliphatic hydroxyl groups is 2. The van der Waals surface area contributed by atoms with E-state index in [2.05, 4.69) is 13.8 Å². The maximum Gasteiger partial charge on any atom is 0.310 e. The van der Waals surface area contributed by atoms with E-state index in [0.29, 0.717) is 6.42 Å². The van der Waals surface area contributed by atoms with Crippen molar-refractivity contribution in [1.82, 2.24) is 0 Å². The molecule has 210 valence electrons. The van der Waals surface area contributed by atoms with Crippen LogP contribution in [0.15, 0.2) is 23.8 Å². The molecule has 0 spiro atoms. The van der Waals surface area contributed by atoms with Crippen LogP contribution in [0.1, 0.15) is 73.1 Å². The summed E-state index contributed by atoms with van der Waals surface area (Å²) in [6, 6.07) is 0. The van der Waals surface area contributed by atoms with Gasteiger partial charge in [-0.25, -0.2) is 0 Å². The zero-order valence-corrected chi connectivity index (χ0v) is 23.1. The first kappa shape index (κ1) is 28.7. The molecule has 38 heavy (non-hydrogen) atoms. The third-order valence-electron chi connectivity index (χ3n) is 10.8. The number of carboxylic acids is 1. The normalized spacial score (nSPS) is 41.3. The molecule has 3 fully saturated rings. The van der Waals surface area contributed by atoms with Crippen LogP contribution in [0.5, 0.6) is 0 Å². The van der Waals surface area contributed by atoms with Gasteiger partial charge in [-0.2, -0.15) is 0 Å². The highest BCUT2D eigenvalue weighted by molar-refractivity contribution is 6.01. The number of carbonyl (C=O) groups is 4. The molecule has 0 heterocycles. The number of rotatable bonds is 8. The first-order valence-corrected chi connectivity index (χ1v) is 14.0. The molecule has 4 aliphatic rings. The van der Waals surface area contributed by atoms with Gasteiger partial charge in [0.15, 0.2) is 12.4 Å². The molecule has 0 saturated heterocycles. The van der Waals surface area contributed by atoms with Gasteiger partial charge in [0.25, 0.3) is 0 Å². The lowest BCUT2D eigenvalue weighted by molar-refractivity contribution is -0.183. The van der Waals surface area contributed by atoms with Crippen LogP contribution in [0.3, 0.4) is 0 Å². The molecule has 4 aliphatic carbocycles. The van der Waals surface area contributed by atoms with Gasteiger partial charge in [-0.05, 0) is 68.4 Å². The molecule has 2 unspecified atom stereocenters. The van der Waals surface area contributed by atoms with Crippen molar-refractivity contribution in [3.63, 3.8) is 0 Å². The zero-order valence-electron chi connectivity index (χ0n) is 23.1. The van der Waals surface area contributed by atoms with E-state index in [1.807, 2.05) is 13.0 Å². The summed E-state index contributed by atoms with van der Waals surface area (Å²) in [4.78, 5) is 49.9. The Kier molecular flexibility index (Phi) is 7.56. The smallest absolute Gasteiger partial charge is 0.310 e. The summed E-state index contributed by atoms with van der Waals surface area (Å²) >= 11 is 0. The number of hydrogen-bond donors (Lipinski definition) is 3. The van der Waals surface area contributed by atoms with Gasteiger partial charge in [-0.15, -0.1) is 0 Å². The van der Waals surface area contributed by atoms with E-state index < -0.39 is 58.7 Å². The summed E-state index contributed by atoms with van der Waals surface area (Å²) in [5.41, 5.74) is -2.09. The number of allylic oxidation sites excluding steroid dienone is 4. The Hall–Kier alpha value is -2.32. The van der Waals surface area contributed by atoms with Crippen molar-refractivity contribution < 1.29 is 39.2 Å². The largest absolute Gasteiger partial charge is 0.481 e. The monoisotopic (exact) mass is 530 g/mol. The molecule has 3 N–H and O–H groups in total. The number of fused-ring (bicyclic) bond motifs is 5. The Morgan fingerprint density at radius 2 is 1.82 bits per heavy atom. The quantitative estimate of drug-likeness (QED) is 0.406. The van der Waals surface area contributed by atoms with E-state index in [1.54, 1.807) is 26.0 Å². The van der Waals surface area contributed by atoms with Crippen LogP contribution in [-0.2, 0) is 23.9 Å². The molecule has 3 saturated carbocycles. The van der Waals surface area contributed by atoms with Crippen LogP contribution in [0.25, 0.3) is 0 Å². The third-order valence-corrected chi connectivity index (χ3v) is 10.8. The van der Waals surface area contributed by atoms with Crippen LogP contribution < -0.4 is 0 Å². The number of hydrogen-bond acceptors (Lipinski definition) is 7.